The zero-order chi connectivity index (χ0) is 18.0. The van der Waals surface area contributed by atoms with Crippen molar-refractivity contribution in [1.29, 1.82) is 0 Å². The molecule has 1 N–H and O–H groups in total. The molecule has 2 aromatic carbocycles. The van der Waals surface area contributed by atoms with Crippen LogP contribution in [0.15, 0.2) is 57.5 Å². The average molecular weight is 336 g/mol. The molecule has 0 radical (unpaired) electrons. The molecule has 25 heavy (non-hydrogen) atoms. The minimum Gasteiger partial charge on any atom is -0.494 e. The highest BCUT2D eigenvalue weighted by atomic mass is 16.5. The summed E-state index contributed by atoms with van der Waals surface area (Å²) in [6.07, 6.45) is 0. The summed E-state index contributed by atoms with van der Waals surface area (Å²) in [5.74, 6) is 0.605. The van der Waals surface area contributed by atoms with Gasteiger partial charge in [-0.2, -0.15) is 0 Å². The first-order chi connectivity index (χ1) is 12.0. The van der Waals surface area contributed by atoms with E-state index in [2.05, 4.69) is 15.3 Å². The third kappa shape index (κ3) is 3.24. The van der Waals surface area contributed by atoms with Crippen molar-refractivity contribution in [2.45, 2.75) is 20.8 Å². The monoisotopic (exact) mass is 336 g/mol. The van der Waals surface area contributed by atoms with E-state index in [1.54, 1.807) is 26.2 Å². The number of methoxy groups -OCH3 is 1. The lowest BCUT2D eigenvalue weighted by atomic mass is 10.1. The first-order valence-corrected chi connectivity index (χ1v) is 7.95. The van der Waals surface area contributed by atoms with E-state index < -0.39 is 0 Å². The first kappa shape index (κ1) is 16.7. The molecule has 0 bridgehead atoms. The molecular formula is C19H20N4O2. The molecule has 0 spiro atoms. The van der Waals surface area contributed by atoms with Gasteiger partial charge in [0.2, 0.25) is 0 Å². The molecule has 1 aromatic heterocycles. The maximum Gasteiger partial charge on any atom is 0.299 e. The summed E-state index contributed by atoms with van der Waals surface area (Å²) < 4.78 is 6.73. The number of nitrogens with zero attached hydrogens (tertiary/aromatic N) is 3. The van der Waals surface area contributed by atoms with E-state index in [0.29, 0.717) is 17.1 Å². The van der Waals surface area contributed by atoms with Gasteiger partial charge in [0.15, 0.2) is 5.69 Å². The predicted octanol–water partition coefficient (Wildman–Crippen LogP) is 4.51. The molecule has 0 aliphatic heterocycles. The fourth-order valence-electron chi connectivity index (χ4n) is 2.52. The van der Waals surface area contributed by atoms with Crippen LogP contribution in [-0.2, 0) is 0 Å². The lowest BCUT2D eigenvalue weighted by molar-refractivity contribution is 0.416. The topological polar surface area (TPSA) is 71.7 Å². The van der Waals surface area contributed by atoms with Gasteiger partial charge in [-0.05, 0) is 56.2 Å². The number of azo groups is 1. The van der Waals surface area contributed by atoms with Gasteiger partial charge in [-0.15, -0.1) is 10.2 Å². The molecule has 0 fully saturated rings. The lowest BCUT2D eigenvalue weighted by Gasteiger charge is -2.05. The van der Waals surface area contributed by atoms with Gasteiger partial charge in [-0.3, -0.25) is 9.89 Å². The molecule has 128 valence electrons. The Hall–Kier alpha value is -3.15. The highest BCUT2D eigenvalue weighted by Gasteiger charge is 2.13. The number of hydrogen-bond acceptors (Lipinski definition) is 4. The Morgan fingerprint density at radius 2 is 1.76 bits per heavy atom. The largest absolute Gasteiger partial charge is 0.494 e. The Morgan fingerprint density at radius 1 is 1.00 bits per heavy atom. The summed E-state index contributed by atoms with van der Waals surface area (Å²) >= 11 is 0. The van der Waals surface area contributed by atoms with Crippen LogP contribution in [-0.4, -0.2) is 16.9 Å². The quantitative estimate of drug-likeness (QED) is 0.712. The zero-order valence-electron chi connectivity index (χ0n) is 14.7. The molecule has 0 unspecified atom stereocenters. The molecule has 0 saturated heterocycles. The van der Waals surface area contributed by atoms with Crippen molar-refractivity contribution in [1.82, 2.24) is 9.78 Å². The summed E-state index contributed by atoms with van der Waals surface area (Å²) in [6.45, 7) is 5.85. The van der Waals surface area contributed by atoms with E-state index in [0.717, 1.165) is 11.3 Å². The molecule has 6 nitrogen and oxygen atoms in total. The number of aryl methyl sites for hydroxylation is 3. The second-order valence-corrected chi connectivity index (χ2v) is 5.87. The van der Waals surface area contributed by atoms with Gasteiger partial charge in [-0.1, -0.05) is 18.2 Å². The van der Waals surface area contributed by atoms with Crippen LogP contribution in [0.2, 0.25) is 0 Å². The molecular weight excluding hydrogens is 316 g/mol. The van der Waals surface area contributed by atoms with Crippen molar-refractivity contribution in [3.05, 3.63) is 69.6 Å². The van der Waals surface area contributed by atoms with Gasteiger partial charge in [0, 0.05) is 0 Å². The number of aromatic amines is 1. The molecule has 6 heteroatoms. The van der Waals surface area contributed by atoms with E-state index in [1.165, 1.54) is 10.2 Å². The Morgan fingerprint density at radius 3 is 2.48 bits per heavy atom. The van der Waals surface area contributed by atoms with Crippen LogP contribution in [0.3, 0.4) is 0 Å². The predicted molar refractivity (Wildman–Crippen MR) is 97.8 cm³/mol. The van der Waals surface area contributed by atoms with Gasteiger partial charge < -0.3 is 4.74 Å². The molecule has 1 heterocycles. The van der Waals surface area contributed by atoms with Gasteiger partial charge in [-0.25, -0.2) is 4.68 Å². The Bertz CT molecular complexity index is 999. The summed E-state index contributed by atoms with van der Waals surface area (Å²) in [5.41, 5.74) is 4.34. The Labute approximate surface area is 145 Å². The summed E-state index contributed by atoms with van der Waals surface area (Å²) in [4.78, 5) is 12.7. The van der Waals surface area contributed by atoms with E-state index in [1.807, 2.05) is 44.2 Å². The standard InChI is InChI=1S/C19H20N4O2/c1-12-9-10-15(11-13(12)2)23-19(24)18(14(3)22-23)21-20-16-7-5-6-8-17(16)25-4/h5-11,22H,1-4H3. The van der Waals surface area contributed by atoms with Crippen molar-refractivity contribution in [3.63, 3.8) is 0 Å². The highest BCUT2D eigenvalue weighted by Crippen LogP contribution is 2.28. The van der Waals surface area contributed by atoms with Crippen molar-refractivity contribution < 1.29 is 4.74 Å². The van der Waals surface area contributed by atoms with Crippen LogP contribution >= 0.6 is 0 Å². The van der Waals surface area contributed by atoms with Crippen molar-refractivity contribution in [2.24, 2.45) is 10.2 Å². The van der Waals surface area contributed by atoms with Crippen LogP contribution in [0.4, 0.5) is 11.4 Å². The van der Waals surface area contributed by atoms with Crippen LogP contribution in [0.5, 0.6) is 5.75 Å². The Kier molecular flexibility index (Phi) is 4.52. The lowest BCUT2D eigenvalue weighted by Crippen LogP contribution is -2.14. The third-order valence-corrected chi connectivity index (χ3v) is 4.13. The van der Waals surface area contributed by atoms with Crippen molar-refractivity contribution in [2.75, 3.05) is 7.11 Å². The van der Waals surface area contributed by atoms with Crippen LogP contribution in [0.1, 0.15) is 16.8 Å². The Balaban J connectivity index is 2.01. The molecule has 0 atom stereocenters. The molecule has 0 saturated carbocycles. The maximum atomic E-state index is 12.7. The third-order valence-electron chi connectivity index (χ3n) is 4.13. The number of nitrogens with one attached hydrogen (secondary N) is 1. The summed E-state index contributed by atoms with van der Waals surface area (Å²) in [7, 11) is 1.57. The number of rotatable bonds is 4. The fourth-order valence-corrected chi connectivity index (χ4v) is 2.52. The van der Waals surface area contributed by atoms with Crippen molar-refractivity contribution in [3.8, 4) is 11.4 Å². The minimum absolute atomic E-state index is 0.237. The van der Waals surface area contributed by atoms with Gasteiger partial charge >= 0.3 is 0 Å². The summed E-state index contributed by atoms with van der Waals surface area (Å²) in [5, 5.41) is 11.4. The number of benzene rings is 2. The normalized spacial score (nSPS) is 11.2. The van der Waals surface area contributed by atoms with E-state index in [-0.39, 0.29) is 11.2 Å². The molecule has 0 amide bonds. The van der Waals surface area contributed by atoms with Gasteiger partial charge in [0.1, 0.15) is 11.4 Å². The van der Waals surface area contributed by atoms with E-state index in [4.69, 9.17) is 4.74 Å². The number of aromatic nitrogens is 2. The minimum atomic E-state index is -0.237. The molecule has 0 aliphatic rings. The number of H-pyrrole nitrogens is 1. The second-order valence-electron chi connectivity index (χ2n) is 5.87. The molecule has 3 aromatic rings. The maximum absolute atomic E-state index is 12.7. The zero-order valence-corrected chi connectivity index (χ0v) is 14.7. The summed E-state index contributed by atoms with van der Waals surface area (Å²) in [6, 6.07) is 13.1. The number of para-hydroxylation sites is 1. The molecule has 0 aliphatic carbocycles. The molecule has 3 rings (SSSR count). The van der Waals surface area contributed by atoms with E-state index >= 15 is 0 Å². The van der Waals surface area contributed by atoms with Gasteiger partial charge in [0.25, 0.3) is 5.56 Å². The first-order valence-electron chi connectivity index (χ1n) is 7.95. The highest BCUT2D eigenvalue weighted by molar-refractivity contribution is 5.52. The van der Waals surface area contributed by atoms with E-state index in [9.17, 15) is 4.79 Å². The SMILES string of the molecule is COc1ccccc1N=Nc1c(C)[nH]n(-c2ccc(C)c(C)c2)c1=O. The van der Waals surface area contributed by atoms with Crippen LogP contribution in [0, 0.1) is 20.8 Å². The van der Waals surface area contributed by atoms with Gasteiger partial charge in [0.05, 0.1) is 18.5 Å². The number of ether oxygens (including phenoxy) is 1. The van der Waals surface area contributed by atoms with Crippen molar-refractivity contribution >= 4 is 11.4 Å². The fraction of sp³-hybridized carbons (Fsp3) is 0.211. The van der Waals surface area contributed by atoms with Crippen LogP contribution < -0.4 is 10.3 Å². The average Bonchev–Trinajstić information content (AvgIpc) is 2.90. The van der Waals surface area contributed by atoms with Crippen LogP contribution in [0.25, 0.3) is 5.69 Å². The number of hydrogen-bond donors (Lipinski definition) is 1. The smallest absolute Gasteiger partial charge is 0.299 e. The second kappa shape index (κ2) is 6.76.